The molecule has 0 aliphatic carbocycles. The van der Waals surface area contributed by atoms with Crippen LogP contribution < -0.4 is 9.64 Å². The molecule has 31 heavy (non-hydrogen) atoms. The van der Waals surface area contributed by atoms with Crippen molar-refractivity contribution >= 4 is 29.3 Å². The van der Waals surface area contributed by atoms with Crippen LogP contribution in [-0.4, -0.2) is 37.3 Å². The van der Waals surface area contributed by atoms with Crippen LogP contribution in [0, 0.1) is 0 Å². The van der Waals surface area contributed by atoms with Gasteiger partial charge in [-0.25, -0.2) is 9.69 Å². The van der Waals surface area contributed by atoms with Gasteiger partial charge < -0.3 is 9.47 Å². The zero-order chi connectivity index (χ0) is 22.0. The van der Waals surface area contributed by atoms with Crippen LogP contribution in [0.5, 0.6) is 5.75 Å². The Kier molecular flexibility index (Phi) is 5.32. The summed E-state index contributed by atoms with van der Waals surface area (Å²) in [6.07, 6.45) is 0. The Labute approximate surface area is 177 Å². The molecule has 0 N–H and O–H groups in total. The van der Waals surface area contributed by atoms with Crippen molar-refractivity contribution in [3.8, 4) is 5.75 Å². The molecular formula is C24H17NO6. The van der Waals surface area contributed by atoms with E-state index in [9.17, 15) is 19.2 Å². The predicted molar refractivity (Wildman–Crippen MR) is 112 cm³/mol. The molecule has 0 saturated carbocycles. The minimum atomic E-state index is -0.741. The Morgan fingerprint density at radius 2 is 1.45 bits per heavy atom. The molecule has 1 aliphatic rings. The van der Waals surface area contributed by atoms with Crippen molar-refractivity contribution in [2.75, 3.05) is 18.6 Å². The number of ketones is 1. The van der Waals surface area contributed by atoms with Gasteiger partial charge >= 0.3 is 5.97 Å². The van der Waals surface area contributed by atoms with E-state index in [0.717, 1.165) is 4.90 Å². The Morgan fingerprint density at radius 1 is 0.806 bits per heavy atom. The highest BCUT2D eigenvalue weighted by Crippen LogP contribution is 2.28. The maximum atomic E-state index is 12.6. The van der Waals surface area contributed by atoms with Gasteiger partial charge in [-0.2, -0.15) is 0 Å². The Morgan fingerprint density at radius 3 is 2.13 bits per heavy atom. The quantitative estimate of drug-likeness (QED) is 0.348. The second-order valence-electron chi connectivity index (χ2n) is 6.77. The van der Waals surface area contributed by atoms with Gasteiger partial charge in [0.15, 0.2) is 12.4 Å². The normalized spacial score (nSPS) is 12.5. The Hall–Kier alpha value is -4.26. The van der Waals surface area contributed by atoms with E-state index < -0.39 is 24.4 Å². The maximum absolute atomic E-state index is 12.6. The zero-order valence-electron chi connectivity index (χ0n) is 16.5. The molecule has 1 heterocycles. The number of esters is 1. The number of nitrogens with zero attached hydrogens (tertiary/aromatic N) is 1. The van der Waals surface area contributed by atoms with Crippen molar-refractivity contribution < 1.29 is 28.7 Å². The fraction of sp³-hybridized carbons (Fsp3) is 0.0833. The van der Waals surface area contributed by atoms with Gasteiger partial charge in [0.1, 0.15) is 5.75 Å². The largest absolute Gasteiger partial charge is 0.497 e. The number of carbonyl (C=O) groups excluding carboxylic acids is 4. The molecule has 7 nitrogen and oxygen atoms in total. The number of methoxy groups -OCH3 is 1. The van der Waals surface area contributed by atoms with Crippen LogP contribution in [0.15, 0.2) is 72.8 Å². The molecular weight excluding hydrogens is 398 g/mol. The van der Waals surface area contributed by atoms with E-state index in [1.807, 2.05) is 0 Å². The Bertz CT molecular complexity index is 1180. The summed E-state index contributed by atoms with van der Waals surface area (Å²) in [7, 11) is 1.49. The lowest BCUT2D eigenvalue weighted by Crippen LogP contribution is -2.29. The number of Topliss-reactive ketones (excluding diaryl/α,β-unsaturated/α-hetero) is 1. The third kappa shape index (κ3) is 3.81. The highest BCUT2D eigenvalue weighted by molar-refractivity contribution is 6.34. The van der Waals surface area contributed by atoms with Gasteiger partial charge in [0.2, 0.25) is 0 Å². The van der Waals surface area contributed by atoms with E-state index >= 15 is 0 Å². The summed E-state index contributed by atoms with van der Waals surface area (Å²) in [6, 6.07) is 19.0. The number of hydrogen-bond donors (Lipinski definition) is 0. The molecule has 2 amide bonds. The average molecular weight is 415 g/mol. The summed E-state index contributed by atoms with van der Waals surface area (Å²) < 4.78 is 10.2. The SMILES string of the molecule is COc1cccc(C(=O)COC(=O)c2cccc(N3C(=O)c4ccccc4C3=O)c2)c1. The average Bonchev–Trinajstić information content (AvgIpc) is 3.07. The van der Waals surface area contributed by atoms with Gasteiger partial charge in [-0.3, -0.25) is 14.4 Å². The molecule has 7 heteroatoms. The smallest absolute Gasteiger partial charge is 0.338 e. The number of imide groups is 1. The van der Waals surface area contributed by atoms with Crippen molar-refractivity contribution in [1.82, 2.24) is 0 Å². The van der Waals surface area contributed by atoms with Gasteiger partial charge in [-0.15, -0.1) is 0 Å². The van der Waals surface area contributed by atoms with Crippen molar-refractivity contribution in [2.45, 2.75) is 0 Å². The third-order valence-electron chi connectivity index (χ3n) is 4.86. The van der Waals surface area contributed by atoms with Crippen LogP contribution in [0.1, 0.15) is 41.4 Å². The van der Waals surface area contributed by atoms with Crippen LogP contribution in [-0.2, 0) is 4.74 Å². The topological polar surface area (TPSA) is 90.0 Å². The van der Waals surface area contributed by atoms with Crippen LogP contribution in [0.3, 0.4) is 0 Å². The predicted octanol–water partition coefficient (Wildman–Crippen LogP) is 3.54. The minimum absolute atomic E-state index is 0.118. The minimum Gasteiger partial charge on any atom is -0.497 e. The van der Waals surface area contributed by atoms with Gasteiger partial charge in [-0.05, 0) is 42.5 Å². The molecule has 0 radical (unpaired) electrons. The monoisotopic (exact) mass is 415 g/mol. The highest BCUT2D eigenvalue weighted by Gasteiger charge is 2.36. The summed E-state index contributed by atoms with van der Waals surface area (Å²) in [5, 5.41) is 0. The summed E-state index contributed by atoms with van der Waals surface area (Å²) in [6.45, 7) is -0.455. The van der Waals surface area contributed by atoms with Crippen molar-refractivity contribution in [2.24, 2.45) is 0 Å². The summed E-state index contributed by atoms with van der Waals surface area (Å²) >= 11 is 0. The lowest BCUT2D eigenvalue weighted by Gasteiger charge is -2.14. The second-order valence-corrected chi connectivity index (χ2v) is 6.77. The van der Waals surface area contributed by atoms with E-state index in [0.29, 0.717) is 22.4 Å². The fourth-order valence-corrected chi connectivity index (χ4v) is 3.29. The van der Waals surface area contributed by atoms with E-state index in [-0.39, 0.29) is 17.0 Å². The number of fused-ring (bicyclic) bond motifs is 1. The third-order valence-corrected chi connectivity index (χ3v) is 4.86. The first-order valence-electron chi connectivity index (χ1n) is 9.42. The molecule has 0 saturated heterocycles. The summed E-state index contributed by atoms with van der Waals surface area (Å²) in [5.41, 5.74) is 1.34. The summed E-state index contributed by atoms with van der Waals surface area (Å²) in [4.78, 5) is 51.1. The molecule has 0 spiro atoms. The molecule has 1 aliphatic heterocycles. The molecule has 3 aromatic carbocycles. The van der Waals surface area contributed by atoms with Crippen molar-refractivity contribution in [1.29, 1.82) is 0 Å². The number of benzene rings is 3. The molecule has 0 fully saturated rings. The molecule has 0 atom stereocenters. The maximum Gasteiger partial charge on any atom is 0.338 e. The first-order chi connectivity index (χ1) is 15.0. The molecule has 154 valence electrons. The fourth-order valence-electron chi connectivity index (χ4n) is 3.29. The first-order valence-corrected chi connectivity index (χ1v) is 9.42. The van der Waals surface area contributed by atoms with Gasteiger partial charge in [0, 0.05) is 5.56 Å². The lowest BCUT2D eigenvalue weighted by atomic mass is 10.1. The van der Waals surface area contributed by atoms with Crippen LogP contribution in [0.4, 0.5) is 5.69 Å². The standard InChI is InChI=1S/C24H17NO6/c1-30-18-9-5-6-15(13-18)21(26)14-31-24(29)16-7-4-8-17(12-16)25-22(27)19-10-2-3-11-20(19)23(25)28/h2-13H,14H2,1H3. The second kappa shape index (κ2) is 8.23. The van der Waals surface area contributed by atoms with Crippen LogP contribution >= 0.6 is 0 Å². The number of hydrogen-bond acceptors (Lipinski definition) is 6. The molecule has 4 rings (SSSR count). The highest BCUT2D eigenvalue weighted by atomic mass is 16.5. The first kappa shape index (κ1) is 20.0. The van der Waals surface area contributed by atoms with E-state index in [1.54, 1.807) is 60.7 Å². The number of amides is 2. The zero-order valence-corrected chi connectivity index (χ0v) is 16.5. The summed E-state index contributed by atoms with van der Waals surface area (Å²) in [5.74, 6) is -1.53. The van der Waals surface area contributed by atoms with Crippen molar-refractivity contribution in [3.63, 3.8) is 0 Å². The molecule has 0 bridgehead atoms. The van der Waals surface area contributed by atoms with Crippen LogP contribution in [0.2, 0.25) is 0 Å². The van der Waals surface area contributed by atoms with Crippen LogP contribution in [0.25, 0.3) is 0 Å². The number of anilines is 1. The van der Waals surface area contributed by atoms with Gasteiger partial charge in [-0.1, -0.05) is 30.3 Å². The van der Waals surface area contributed by atoms with Crippen molar-refractivity contribution in [3.05, 3.63) is 95.1 Å². The number of carbonyl (C=O) groups is 4. The van der Waals surface area contributed by atoms with E-state index in [2.05, 4.69) is 0 Å². The number of ether oxygens (including phenoxy) is 2. The molecule has 3 aromatic rings. The van der Waals surface area contributed by atoms with E-state index in [4.69, 9.17) is 9.47 Å². The molecule has 0 aromatic heterocycles. The van der Waals surface area contributed by atoms with Gasteiger partial charge in [0.05, 0.1) is 29.5 Å². The lowest BCUT2D eigenvalue weighted by molar-refractivity contribution is 0.0474. The van der Waals surface area contributed by atoms with Gasteiger partial charge in [0.25, 0.3) is 11.8 Å². The number of rotatable bonds is 6. The Balaban J connectivity index is 1.48. The van der Waals surface area contributed by atoms with E-state index in [1.165, 1.54) is 19.2 Å². The molecule has 0 unspecified atom stereocenters.